The van der Waals surface area contributed by atoms with Crippen LogP contribution in [0.5, 0.6) is 5.75 Å². The summed E-state index contributed by atoms with van der Waals surface area (Å²) in [7, 11) is 0. The molecule has 28 heavy (non-hydrogen) atoms. The largest absolute Gasteiger partial charge is 0.486 e. The van der Waals surface area contributed by atoms with Gasteiger partial charge in [0.1, 0.15) is 6.61 Å². The maximum absolute atomic E-state index is 12.7. The van der Waals surface area contributed by atoms with Gasteiger partial charge in [0.05, 0.1) is 21.5 Å². The van der Waals surface area contributed by atoms with Crippen molar-refractivity contribution in [2.45, 2.75) is 6.54 Å². The van der Waals surface area contributed by atoms with Crippen LogP contribution in [0.15, 0.2) is 58.4 Å². The summed E-state index contributed by atoms with van der Waals surface area (Å²) < 4.78 is 6.36. The minimum atomic E-state index is -0.350. The molecule has 1 saturated heterocycles. The van der Waals surface area contributed by atoms with E-state index >= 15 is 0 Å². The van der Waals surface area contributed by atoms with E-state index in [1.165, 1.54) is 4.90 Å². The van der Waals surface area contributed by atoms with Gasteiger partial charge in [0, 0.05) is 4.47 Å². The van der Waals surface area contributed by atoms with Gasteiger partial charge in [0.15, 0.2) is 5.75 Å². The molecule has 0 radical (unpaired) electrons. The summed E-state index contributed by atoms with van der Waals surface area (Å²) in [6, 6.07) is 10.7. The van der Waals surface area contributed by atoms with E-state index in [9.17, 15) is 9.59 Å². The lowest BCUT2D eigenvalue weighted by Crippen LogP contribution is -2.27. The number of amides is 2. The van der Waals surface area contributed by atoms with Crippen LogP contribution in [0.3, 0.4) is 0 Å². The lowest BCUT2D eigenvalue weighted by atomic mass is 10.2. The van der Waals surface area contributed by atoms with Gasteiger partial charge in [-0.05, 0) is 53.2 Å². The highest BCUT2D eigenvalue weighted by atomic mass is 79.9. The number of ether oxygens (including phenoxy) is 1. The first-order chi connectivity index (χ1) is 13.4. The zero-order valence-electron chi connectivity index (χ0n) is 14.5. The van der Waals surface area contributed by atoms with Crippen molar-refractivity contribution in [2.24, 2.45) is 0 Å². The lowest BCUT2D eigenvalue weighted by molar-refractivity contribution is -0.123. The molecule has 0 saturated carbocycles. The van der Waals surface area contributed by atoms with Gasteiger partial charge >= 0.3 is 0 Å². The maximum atomic E-state index is 12.7. The SMILES string of the molecule is C=CCOc1c(Cl)cc(/C=C2\SC(=O)N(Cc3ccc(Br)cc3)C2=O)cc1Cl. The van der Waals surface area contributed by atoms with Crippen molar-refractivity contribution in [3.8, 4) is 5.75 Å². The number of carbonyl (C=O) groups is 2. The van der Waals surface area contributed by atoms with Gasteiger partial charge in [-0.2, -0.15) is 0 Å². The number of benzene rings is 2. The third kappa shape index (κ3) is 4.81. The third-order valence-electron chi connectivity index (χ3n) is 3.79. The van der Waals surface area contributed by atoms with Gasteiger partial charge in [-0.1, -0.05) is 63.9 Å². The Morgan fingerprint density at radius 3 is 2.39 bits per heavy atom. The van der Waals surface area contributed by atoms with E-state index in [0.29, 0.717) is 26.3 Å². The van der Waals surface area contributed by atoms with Gasteiger partial charge in [-0.3, -0.25) is 14.5 Å². The van der Waals surface area contributed by atoms with Crippen molar-refractivity contribution in [1.82, 2.24) is 4.90 Å². The number of thioether (sulfide) groups is 1. The molecular weight excluding hydrogens is 485 g/mol. The zero-order valence-corrected chi connectivity index (χ0v) is 18.4. The quantitative estimate of drug-likeness (QED) is 0.334. The van der Waals surface area contributed by atoms with Crippen molar-refractivity contribution in [1.29, 1.82) is 0 Å². The molecule has 0 unspecified atom stereocenters. The minimum Gasteiger partial charge on any atom is -0.486 e. The number of hydrogen-bond acceptors (Lipinski definition) is 4. The van der Waals surface area contributed by atoms with E-state index in [1.807, 2.05) is 24.3 Å². The molecule has 0 N–H and O–H groups in total. The second kappa shape index (κ2) is 9.18. The predicted octanol–water partition coefficient (Wildman–Crippen LogP) is 6.56. The van der Waals surface area contributed by atoms with Crippen molar-refractivity contribution in [2.75, 3.05) is 6.61 Å². The van der Waals surface area contributed by atoms with Crippen LogP contribution < -0.4 is 4.74 Å². The highest BCUT2D eigenvalue weighted by Crippen LogP contribution is 2.37. The van der Waals surface area contributed by atoms with Crippen LogP contribution in [-0.4, -0.2) is 22.7 Å². The molecule has 1 fully saturated rings. The highest BCUT2D eigenvalue weighted by molar-refractivity contribution is 9.10. The van der Waals surface area contributed by atoms with Crippen LogP contribution in [0, 0.1) is 0 Å². The summed E-state index contributed by atoms with van der Waals surface area (Å²) in [5.74, 6) is 0.000809. The minimum absolute atomic E-state index is 0.213. The summed E-state index contributed by atoms with van der Waals surface area (Å²) in [6.45, 7) is 4.06. The summed E-state index contributed by atoms with van der Waals surface area (Å²) in [5, 5.41) is 0.312. The van der Waals surface area contributed by atoms with Gasteiger partial charge in [-0.15, -0.1) is 0 Å². The normalized spacial score (nSPS) is 15.4. The standard InChI is InChI=1S/C20H14BrCl2NO3S/c1-2-7-27-18-15(22)8-13(9-16(18)23)10-17-19(25)24(20(26)28-17)11-12-3-5-14(21)6-4-12/h2-6,8-10H,1,7,11H2/b17-10-. The smallest absolute Gasteiger partial charge is 0.293 e. The topological polar surface area (TPSA) is 46.6 Å². The first kappa shape index (κ1) is 21.0. The number of nitrogens with zero attached hydrogens (tertiary/aromatic N) is 1. The number of carbonyl (C=O) groups excluding carboxylic acids is 2. The van der Waals surface area contributed by atoms with E-state index in [4.69, 9.17) is 27.9 Å². The van der Waals surface area contributed by atoms with Gasteiger partial charge < -0.3 is 4.74 Å². The van der Waals surface area contributed by atoms with Crippen molar-refractivity contribution in [3.05, 3.63) is 79.6 Å². The Morgan fingerprint density at radius 1 is 1.14 bits per heavy atom. The van der Waals surface area contributed by atoms with Crippen LogP contribution in [0.2, 0.25) is 10.0 Å². The molecular formula is C20H14BrCl2NO3S. The molecule has 2 aromatic carbocycles. The molecule has 8 heteroatoms. The molecule has 3 rings (SSSR count). The van der Waals surface area contributed by atoms with E-state index in [2.05, 4.69) is 22.5 Å². The molecule has 0 bridgehead atoms. The third-order valence-corrected chi connectivity index (χ3v) is 5.79. The first-order valence-corrected chi connectivity index (χ1v) is 10.5. The Labute approximate surface area is 185 Å². The molecule has 0 atom stereocenters. The highest BCUT2D eigenvalue weighted by Gasteiger charge is 2.35. The van der Waals surface area contributed by atoms with Crippen molar-refractivity contribution < 1.29 is 14.3 Å². The van der Waals surface area contributed by atoms with Crippen LogP contribution in [0.25, 0.3) is 6.08 Å². The predicted molar refractivity (Wildman–Crippen MR) is 118 cm³/mol. The lowest BCUT2D eigenvalue weighted by Gasteiger charge is -2.12. The van der Waals surface area contributed by atoms with Crippen molar-refractivity contribution >= 4 is 68.1 Å². The van der Waals surface area contributed by atoms with Gasteiger partial charge in [-0.25, -0.2) is 0 Å². The molecule has 1 aliphatic heterocycles. The van der Waals surface area contributed by atoms with E-state index in [0.717, 1.165) is 21.8 Å². The molecule has 1 aliphatic rings. The average Bonchev–Trinajstić information content (AvgIpc) is 2.90. The monoisotopic (exact) mass is 497 g/mol. The molecule has 144 valence electrons. The van der Waals surface area contributed by atoms with E-state index < -0.39 is 0 Å². The fraction of sp³-hybridized carbons (Fsp3) is 0.100. The Kier molecular flexibility index (Phi) is 6.88. The van der Waals surface area contributed by atoms with Gasteiger partial charge in [0.2, 0.25) is 0 Å². The molecule has 2 amide bonds. The molecule has 1 heterocycles. The molecule has 4 nitrogen and oxygen atoms in total. The van der Waals surface area contributed by atoms with Crippen LogP contribution in [-0.2, 0) is 11.3 Å². The second-order valence-corrected chi connectivity index (χ2v) is 8.53. The van der Waals surface area contributed by atoms with Crippen LogP contribution in [0.4, 0.5) is 4.79 Å². The maximum Gasteiger partial charge on any atom is 0.293 e. The number of imide groups is 1. The summed E-state index contributed by atoms with van der Waals surface area (Å²) in [5.41, 5.74) is 1.47. The Hall–Kier alpha value is -1.73. The van der Waals surface area contributed by atoms with Crippen LogP contribution >= 0.6 is 50.9 Å². The summed E-state index contributed by atoms with van der Waals surface area (Å²) in [4.78, 5) is 26.5. The zero-order chi connectivity index (χ0) is 20.3. The molecule has 0 aliphatic carbocycles. The number of halogens is 3. The fourth-order valence-electron chi connectivity index (χ4n) is 2.50. The Balaban J connectivity index is 1.81. The molecule has 2 aromatic rings. The summed E-state index contributed by atoms with van der Waals surface area (Å²) in [6.07, 6.45) is 3.18. The first-order valence-electron chi connectivity index (χ1n) is 8.11. The van der Waals surface area contributed by atoms with E-state index in [-0.39, 0.29) is 24.3 Å². The van der Waals surface area contributed by atoms with Crippen molar-refractivity contribution in [3.63, 3.8) is 0 Å². The number of rotatable bonds is 6. The average molecular weight is 499 g/mol. The Morgan fingerprint density at radius 2 is 1.79 bits per heavy atom. The summed E-state index contributed by atoms with van der Waals surface area (Å²) >= 11 is 16.7. The van der Waals surface area contributed by atoms with E-state index in [1.54, 1.807) is 24.3 Å². The number of hydrogen-bond donors (Lipinski definition) is 0. The van der Waals surface area contributed by atoms with Gasteiger partial charge in [0.25, 0.3) is 11.1 Å². The molecule has 0 spiro atoms. The second-order valence-electron chi connectivity index (χ2n) is 5.81. The fourth-order valence-corrected chi connectivity index (χ4v) is 4.22. The Bertz CT molecular complexity index is 953. The van der Waals surface area contributed by atoms with Crippen LogP contribution in [0.1, 0.15) is 11.1 Å². The molecule has 0 aromatic heterocycles.